The molecule has 1 heterocycles. The molecule has 0 spiro atoms. The summed E-state index contributed by atoms with van der Waals surface area (Å²) in [5, 5.41) is 9.20. The van der Waals surface area contributed by atoms with Crippen molar-refractivity contribution in [3.8, 4) is 11.4 Å². The number of allylic oxidation sites excluding steroid dienone is 2. The molecule has 1 N–H and O–H groups in total. The van der Waals surface area contributed by atoms with Gasteiger partial charge >= 0.3 is 0 Å². The maximum absolute atomic E-state index is 14.0. The van der Waals surface area contributed by atoms with E-state index in [-0.39, 0.29) is 11.9 Å². The number of rotatable bonds is 8. The van der Waals surface area contributed by atoms with Crippen molar-refractivity contribution in [2.45, 2.75) is 38.7 Å². The number of unbranched alkanes of at least 4 members (excludes halogenated alkanes) is 1. The SMILES string of the molecule is C=CCc1ccc(-c2ncc(/C=C/CCCC(C)O)cn2)cc1F. The van der Waals surface area contributed by atoms with Crippen LogP contribution in [0.25, 0.3) is 17.5 Å². The molecular formula is C20H23FN2O. The van der Waals surface area contributed by atoms with Crippen molar-refractivity contribution in [1.29, 1.82) is 0 Å². The van der Waals surface area contributed by atoms with Gasteiger partial charge in [-0.3, -0.25) is 0 Å². The summed E-state index contributed by atoms with van der Waals surface area (Å²) in [4.78, 5) is 8.61. The second-order valence-electron chi connectivity index (χ2n) is 5.82. The van der Waals surface area contributed by atoms with E-state index >= 15 is 0 Å². The summed E-state index contributed by atoms with van der Waals surface area (Å²) < 4.78 is 14.0. The highest BCUT2D eigenvalue weighted by Crippen LogP contribution is 2.19. The molecule has 0 fully saturated rings. The van der Waals surface area contributed by atoms with Crippen LogP contribution >= 0.6 is 0 Å². The molecule has 0 aliphatic rings. The largest absolute Gasteiger partial charge is 0.393 e. The second-order valence-corrected chi connectivity index (χ2v) is 5.82. The molecule has 1 unspecified atom stereocenters. The van der Waals surface area contributed by atoms with Gasteiger partial charge in [0.1, 0.15) is 5.82 Å². The zero-order chi connectivity index (χ0) is 17.4. The Morgan fingerprint density at radius 1 is 1.29 bits per heavy atom. The van der Waals surface area contributed by atoms with E-state index in [4.69, 9.17) is 0 Å². The number of hydrogen-bond donors (Lipinski definition) is 1. The normalized spacial score (nSPS) is 12.5. The number of benzene rings is 1. The fourth-order valence-corrected chi connectivity index (χ4v) is 2.33. The lowest BCUT2D eigenvalue weighted by Crippen LogP contribution is -1.97. The zero-order valence-corrected chi connectivity index (χ0v) is 14.0. The van der Waals surface area contributed by atoms with Crippen molar-refractivity contribution >= 4 is 6.08 Å². The molecule has 2 aromatic rings. The maximum Gasteiger partial charge on any atom is 0.159 e. The van der Waals surface area contributed by atoms with Crippen molar-refractivity contribution in [3.05, 3.63) is 66.3 Å². The third-order valence-corrected chi connectivity index (χ3v) is 3.65. The van der Waals surface area contributed by atoms with Gasteiger partial charge in [-0.05, 0) is 44.2 Å². The molecule has 2 rings (SSSR count). The van der Waals surface area contributed by atoms with Gasteiger partial charge < -0.3 is 5.11 Å². The van der Waals surface area contributed by atoms with Crippen LogP contribution in [0.5, 0.6) is 0 Å². The van der Waals surface area contributed by atoms with E-state index in [1.165, 1.54) is 6.07 Å². The Kier molecular flexibility index (Phi) is 6.82. The van der Waals surface area contributed by atoms with Crippen LogP contribution < -0.4 is 0 Å². The van der Waals surface area contributed by atoms with Gasteiger partial charge in [0.2, 0.25) is 0 Å². The molecule has 0 saturated heterocycles. The van der Waals surface area contributed by atoms with E-state index in [0.29, 0.717) is 23.4 Å². The average Bonchev–Trinajstić information content (AvgIpc) is 2.57. The monoisotopic (exact) mass is 326 g/mol. The van der Waals surface area contributed by atoms with E-state index in [2.05, 4.69) is 16.5 Å². The number of halogens is 1. The minimum absolute atomic E-state index is 0.251. The number of nitrogens with zero attached hydrogens (tertiary/aromatic N) is 2. The first-order valence-electron chi connectivity index (χ1n) is 8.16. The number of aromatic nitrogens is 2. The summed E-state index contributed by atoms with van der Waals surface area (Å²) >= 11 is 0. The van der Waals surface area contributed by atoms with Gasteiger partial charge in [0.05, 0.1) is 6.10 Å². The number of aliphatic hydroxyl groups is 1. The van der Waals surface area contributed by atoms with Gasteiger partial charge in [0.15, 0.2) is 5.82 Å². The van der Waals surface area contributed by atoms with Gasteiger partial charge in [-0.15, -0.1) is 6.58 Å². The highest BCUT2D eigenvalue weighted by molar-refractivity contribution is 5.57. The molecule has 4 heteroatoms. The van der Waals surface area contributed by atoms with Crippen LogP contribution in [0.15, 0.2) is 49.3 Å². The third-order valence-electron chi connectivity index (χ3n) is 3.65. The Morgan fingerprint density at radius 3 is 2.67 bits per heavy atom. The standard InChI is InChI=1S/C20H23FN2O/c1-3-7-17-10-11-18(12-19(17)21)20-22-13-16(14-23-20)9-6-4-5-8-15(2)24/h3,6,9-15,24H,1,4-5,7-8H2,2H3/b9-6+. The number of aliphatic hydroxyl groups excluding tert-OH is 1. The summed E-state index contributed by atoms with van der Waals surface area (Å²) in [5.74, 6) is 0.239. The van der Waals surface area contributed by atoms with Crippen molar-refractivity contribution in [2.24, 2.45) is 0 Å². The van der Waals surface area contributed by atoms with Crippen LogP contribution in [0, 0.1) is 5.82 Å². The fourth-order valence-electron chi connectivity index (χ4n) is 2.33. The van der Waals surface area contributed by atoms with Crippen molar-refractivity contribution in [3.63, 3.8) is 0 Å². The lowest BCUT2D eigenvalue weighted by molar-refractivity contribution is 0.182. The lowest BCUT2D eigenvalue weighted by atomic mass is 10.1. The molecule has 3 nitrogen and oxygen atoms in total. The minimum atomic E-state index is -0.266. The van der Waals surface area contributed by atoms with Crippen LogP contribution in [0.2, 0.25) is 0 Å². The maximum atomic E-state index is 14.0. The first-order chi connectivity index (χ1) is 11.6. The van der Waals surface area contributed by atoms with Crippen molar-refractivity contribution in [2.75, 3.05) is 0 Å². The lowest BCUT2D eigenvalue weighted by Gasteiger charge is -2.04. The Morgan fingerprint density at radius 2 is 2.04 bits per heavy atom. The third kappa shape index (κ3) is 5.39. The highest BCUT2D eigenvalue weighted by atomic mass is 19.1. The van der Waals surface area contributed by atoms with Crippen LogP contribution in [-0.2, 0) is 6.42 Å². The summed E-state index contributed by atoms with van der Waals surface area (Å²) in [5.41, 5.74) is 2.18. The highest BCUT2D eigenvalue weighted by Gasteiger charge is 2.06. The molecular weight excluding hydrogens is 303 g/mol. The molecule has 0 saturated carbocycles. The predicted molar refractivity (Wildman–Crippen MR) is 95.9 cm³/mol. The van der Waals surface area contributed by atoms with E-state index in [9.17, 15) is 9.50 Å². The first-order valence-corrected chi connectivity index (χ1v) is 8.16. The van der Waals surface area contributed by atoms with Gasteiger partial charge in [0, 0.05) is 23.5 Å². The summed E-state index contributed by atoms with van der Waals surface area (Å²) in [7, 11) is 0. The van der Waals surface area contributed by atoms with Gasteiger partial charge in [-0.2, -0.15) is 0 Å². The van der Waals surface area contributed by atoms with Crippen molar-refractivity contribution in [1.82, 2.24) is 9.97 Å². The first kappa shape index (κ1) is 18.0. The predicted octanol–water partition coefficient (Wildman–Crippen LogP) is 4.58. The summed E-state index contributed by atoms with van der Waals surface area (Å²) in [6.07, 6.45) is 12.0. The molecule has 0 aliphatic heterocycles. The van der Waals surface area contributed by atoms with Crippen molar-refractivity contribution < 1.29 is 9.50 Å². The smallest absolute Gasteiger partial charge is 0.159 e. The molecule has 0 bridgehead atoms. The van der Waals surface area contributed by atoms with Crippen LogP contribution in [-0.4, -0.2) is 21.2 Å². The second kappa shape index (κ2) is 9.08. The summed E-state index contributed by atoms with van der Waals surface area (Å²) in [6.45, 7) is 5.42. The molecule has 0 radical (unpaired) electrons. The summed E-state index contributed by atoms with van der Waals surface area (Å²) in [6, 6.07) is 5.02. The fraction of sp³-hybridized carbons (Fsp3) is 0.300. The topological polar surface area (TPSA) is 46.0 Å². The number of hydrogen-bond acceptors (Lipinski definition) is 3. The zero-order valence-electron chi connectivity index (χ0n) is 14.0. The molecule has 0 aliphatic carbocycles. The molecule has 24 heavy (non-hydrogen) atoms. The molecule has 1 aromatic carbocycles. The Labute approximate surface area is 142 Å². The average molecular weight is 326 g/mol. The van der Waals surface area contributed by atoms with Gasteiger partial charge in [-0.1, -0.05) is 30.4 Å². The minimum Gasteiger partial charge on any atom is -0.393 e. The van der Waals surface area contributed by atoms with Crippen LogP contribution in [0.4, 0.5) is 4.39 Å². The van der Waals surface area contributed by atoms with Gasteiger partial charge in [-0.25, -0.2) is 14.4 Å². The van der Waals surface area contributed by atoms with Gasteiger partial charge in [0.25, 0.3) is 0 Å². The van der Waals surface area contributed by atoms with E-state index in [0.717, 1.165) is 24.8 Å². The Bertz CT molecular complexity index is 693. The van der Waals surface area contributed by atoms with Crippen LogP contribution in [0.1, 0.15) is 37.3 Å². The molecule has 1 atom stereocenters. The molecule has 126 valence electrons. The Balaban J connectivity index is 2.00. The van der Waals surface area contributed by atoms with E-state index in [1.54, 1.807) is 31.5 Å². The van der Waals surface area contributed by atoms with Crippen LogP contribution in [0.3, 0.4) is 0 Å². The molecule has 1 aromatic heterocycles. The van der Waals surface area contributed by atoms with E-state index in [1.807, 2.05) is 18.2 Å². The quantitative estimate of drug-likeness (QED) is 0.571. The van der Waals surface area contributed by atoms with E-state index < -0.39 is 0 Å². The Hall–Kier alpha value is -2.33. The molecule has 0 amide bonds.